The van der Waals surface area contributed by atoms with Gasteiger partial charge in [-0.1, -0.05) is 36.4 Å². The number of H-pyrrole nitrogens is 1. The zero-order valence-electron chi connectivity index (χ0n) is 15.5. The first-order valence-corrected chi connectivity index (χ1v) is 10.7. The first kappa shape index (κ1) is 18.2. The molecule has 7 nitrogen and oxygen atoms in total. The summed E-state index contributed by atoms with van der Waals surface area (Å²) in [4.78, 5) is 19.9. The number of nitrogens with one attached hydrogen (secondary N) is 3. The van der Waals surface area contributed by atoms with Crippen molar-refractivity contribution in [1.29, 1.82) is 0 Å². The predicted octanol–water partition coefficient (Wildman–Crippen LogP) is 1.92. The monoisotopic (exact) mass is 396 g/mol. The quantitative estimate of drug-likeness (QED) is 0.629. The van der Waals surface area contributed by atoms with Crippen LogP contribution in [-0.4, -0.2) is 32.2 Å². The predicted molar refractivity (Wildman–Crippen MR) is 111 cm³/mol. The van der Waals surface area contributed by atoms with Crippen LogP contribution in [0.25, 0.3) is 22.0 Å². The lowest BCUT2D eigenvalue weighted by Gasteiger charge is -2.24. The third-order valence-corrected chi connectivity index (χ3v) is 5.36. The van der Waals surface area contributed by atoms with Crippen LogP contribution < -0.4 is 15.6 Å². The van der Waals surface area contributed by atoms with Gasteiger partial charge in [-0.05, 0) is 41.5 Å². The second kappa shape index (κ2) is 6.49. The van der Waals surface area contributed by atoms with Gasteiger partial charge in [0.25, 0.3) is 5.56 Å². The number of benzene rings is 2. The molecule has 2 aromatic carbocycles. The molecular formula is C20H20N4O3S. The molecule has 1 atom stereocenters. The number of pyridine rings is 1. The number of nitrogens with zero attached hydrogens (tertiary/aromatic N) is 1. The largest absolute Gasteiger partial charge is 0.344 e. The number of guanidine groups is 1. The van der Waals surface area contributed by atoms with Gasteiger partial charge in [0, 0.05) is 11.3 Å². The lowest BCUT2D eigenvalue weighted by Crippen LogP contribution is -2.48. The molecule has 0 bridgehead atoms. The Balaban J connectivity index is 1.64. The van der Waals surface area contributed by atoms with Gasteiger partial charge in [-0.15, -0.1) is 0 Å². The average Bonchev–Trinajstić information content (AvgIpc) is 3.00. The fraction of sp³-hybridized carbons (Fsp3) is 0.200. The third kappa shape index (κ3) is 3.50. The van der Waals surface area contributed by atoms with E-state index in [1.54, 1.807) is 6.07 Å². The molecule has 4 rings (SSSR count). The summed E-state index contributed by atoms with van der Waals surface area (Å²) in [6.45, 7) is 2.07. The van der Waals surface area contributed by atoms with E-state index in [4.69, 9.17) is 0 Å². The van der Waals surface area contributed by atoms with Gasteiger partial charge in [0.2, 0.25) is 16.0 Å². The fourth-order valence-electron chi connectivity index (χ4n) is 3.40. The third-order valence-electron chi connectivity index (χ3n) is 4.79. The van der Waals surface area contributed by atoms with Crippen molar-refractivity contribution < 1.29 is 8.42 Å². The van der Waals surface area contributed by atoms with Gasteiger partial charge in [0.1, 0.15) is 0 Å². The lowest BCUT2D eigenvalue weighted by atomic mass is 9.93. The number of aromatic nitrogens is 1. The number of hydrogen-bond acceptors (Lipinski definition) is 5. The average molecular weight is 396 g/mol. The number of hydrogen-bond donors (Lipinski definition) is 3. The van der Waals surface area contributed by atoms with Crippen LogP contribution in [-0.2, 0) is 15.6 Å². The van der Waals surface area contributed by atoms with E-state index >= 15 is 0 Å². The van der Waals surface area contributed by atoms with Crippen LogP contribution >= 0.6 is 0 Å². The van der Waals surface area contributed by atoms with Crippen molar-refractivity contribution in [2.75, 3.05) is 12.8 Å². The molecule has 3 aromatic rings. The Hall–Kier alpha value is -3.13. The van der Waals surface area contributed by atoms with Crippen molar-refractivity contribution in [1.82, 2.24) is 15.0 Å². The Morgan fingerprint density at radius 3 is 2.54 bits per heavy atom. The Morgan fingerprint density at radius 1 is 1.07 bits per heavy atom. The van der Waals surface area contributed by atoms with Gasteiger partial charge in [-0.3, -0.25) is 9.52 Å². The molecule has 144 valence electrons. The molecule has 8 heteroatoms. The van der Waals surface area contributed by atoms with Crippen molar-refractivity contribution in [2.24, 2.45) is 4.99 Å². The second-order valence-electron chi connectivity index (χ2n) is 7.17. The van der Waals surface area contributed by atoms with Crippen LogP contribution in [0.4, 0.5) is 0 Å². The SMILES string of the molecule is CC1(c2ccc(-c3ccc4ccccc4c3)[nH]c2=O)CN=C(NS(C)(=O)=O)N1. The molecule has 0 saturated heterocycles. The highest BCUT2D eigenvalue weighted by atomic mass is 32.2. The smallest absolute Gasteiger partial charge is 0.254 e. The molecule has 1 aromatic heterocycles. The van der Waals surface area contributed by atoms with Gasteiger partial charge in [0.15, 0.2) is 0 Å². The molecule has 0 aliphatic carbocycles. The summed E-state index contributed by atoms with van der Waals surface area (Å²) in [7, 11) is -3.44. The molecular weight excluding hydrogens is 376 g/mol. The van der Waals surface area contributed by atoms with Gasteiger partial charge >= 0.3 is 0 Å². The highest BCUT2D eigenvalue weighted by Gasteiger charge is 2.35. The van der Waals surface area contributed by atoms with Gasteiger partial charge < -0.3 is 10.3 Å². The van der Waals surface area contributed by atoms with Crippen LogP contribution in [0.15, 0.2) is 64.4 Å². The van der Waals surface area contributed by atoms with E-state index in [9.17, 15) is 13.2 Å². The number of aromatic amines is 1. The van der Waals surface area contributed by atoms with E-state index < -0.39 is 15.6 Å². The minimum atomic E-state index is -3.44. The molecule has 3 N–H and O–H groups in total. The highest BCUT2D eigenvalue weighted by Crippen LogP contribution is 2.25. The van der Waals surface area contributed by atoms with Crippen molar-refractivity contribution >= 4 is 26.8 Å². The lowest BCUT2D eigenvalue weighted by molar-refractivity contribution is 0.473. The maximum atomic E-state index is 12.8. The van der Waals surface area contributed by atoms with Crippen molar-refractivity contribution in [3.8, 4) is 11.3 Å². The summed E-state index contributed by atoms with van der Waals surface area (Å²) >= 11 is 0. The van der Waals surface area contributed by atoms with Crippen LogP contribution in [0.3, 0.4) is 0 Å². The van der Waals surface area contributed by atoms with E-state index in [2.05, 4.69) is 20.0 Å². The molecule has 0 amide bonds. The zero-order chi connectivity index (χ0) is 19.9. The van der Waals surface area contributed by atoms with Crippen LogP contribution in [0.2, 0.25) is 0 Å². The minimum absolute atomic E-state index is 0.142. The Kier molecular flexibility index (Phi) is 4.23. The van der Waals surface area contributed by atoms with Crippen molar-refractivity contribution in [2.45, 2.75) is 12.5 Å². The molecule has 0 fully saturated rings. The summed E-state index contributed by atoms with van der Waals surface area (Å²) in [5, 5.41) is 5.24. The number of rotatable bonds is 3. The molecule has 28 heavy (non-hydrogen) atoms. The molecule has 0 spiro atoms. The summed E-state index contributed by atoms with van der Waals surface area (Å²) in [6.07, 6.45) is 1.05. The van der Waals surface area contributed by atoms with E-state index in [1.165, 1.54) is 0 Å². The summed E-state index contributed by atoms with van der Waals surface area (Å²) in [6, 6.07) is 17.7. The van der Waals surface area contributed by atoms with Crippen molar-refractivity contribution in [3.63, 3.8) is 0 Å². The standard InChI is InChI=1S/C20H20N4O3S/c1-20(12-21-19(23-20)24-28(2,26)27)16-9-10-17(22-18(16)25)15-8-7-13-5-3-4-6-14(13)11-15/h3-11H,12H2,1-2H3,(H,22,25)(H2,21,23,24). The number of sulfonamides is 1. The summed E-state index contributed by atoms with van der Waals surface area (Å²) in [5.41, 5.74) is 1.10. The minimum Gasteiger partial charge on any atom is -0.344 e. The molecule has 2 heterocycles. The van der Waals surface area contributed by atoms with E-state index in [1.807, 2.05) is 55.5 Å². The topological polar surface area (TPSA) is 103 Å². The van der Waals surface area contributed by atoms with E-state index in [0.29, 0.717) is 5.56 Å². The normalized spacial score (nSPS) is 19.3. The Bertz CT molecular complexity index is 1260. The first-order valence-electron chi connectivity index (χ1n) is 8.77. The van der Waals surface area contributed by atoms with Crippen LogP contribution in [0.1, 0.15) is 12.5 Å². The summed E-state index contributed by atoms with van der Waals surface area (Å²) < 4.78 is 25.1. The number of fused-ring (bicyclic) bond motifs is 1. The molecule has 1 unspecified atom stereocenters. The first-order chi connectivity index (χ1) is 13.2. The highest BCUT2D eigenvalue weighted by molar-refractivity contribution is 7.89. The summed E-state index contributed by atoms with van der Waals surface area (Å²) in [5.74, 6) is 0.142. The molecule has 0 radical (unpaired) electrons. The van der Waals surface area contributed by atoms with Gasteiger partial charge in [0.05, 0.1) is 18.3 Å². The van der Waals surface area contributed by atoms with Gasteiger partial charge in [-0.2, -0.15) is 0 Å². The Labute approximate surface area is 162 Å². The van der Waals surface area contributed by atoms with E-state index in [0.717, 1.165) is 28.3 Å². The second-order valence-corrected chi connectivity index (χ2v) is 8.92. The zero-order valence-corrected chi connectivity index (χ0v) is 16.3. The van der Waals surface area contributed by atoms with Crippen LogP contribution in [0.5, 0.6) is 0 Å². The molecule has 1 aliphatic heterocycles. The Morgan fingerprint density at radius 2 is 1.82 bits per heavy atom. The van der Waals surface area contributed by atoms with Crippen LogP contribution in [0, 0.1) is 0 Å². The van der Waals surface area contributed by atoms with Crippen molar-refractivity contribution in [3.05, 3.63) is 70.5 Å². The maximum Gasteiger partial charge on any atom is 0.254 e. The van der Waals surface area contributed by atoms with E-state index in [-0.39, 0.29) is 18.1 Å². The van der Waals surface area contributed by atoms with Gasteiger partial charge in [-0.25, -0.2) is 13.4 Å². The fourth-order valence-corrected chi connectivity index (χ4v) is 3.86. The maximum absolute atomic E-state index is 12.8. The number of aliphatic imine (C=N–C) groups is 1. The molecule has 1 aliphatic rings. The molecule has 0 saturated carbocycles.